The standard InChI is InChI=1S/C15H14BrNO/c16-11-7-5-10(6-8-11)15(17)13-9-18-14-4-2-1-3-12(13)14/h1-8,13,15H,9,17H2. The van der Waals surface area contributed by atoms with Gasteiger partial charge in [-0.15, -0.1) is 0 Å². The lowest BCUT2D eigenvalue weighted by molar-refractivity contribution is 0.315. The highest BCUT2D eigenvalue weighted by atomic mass is 79.9. The van der Waals surface area contributed by atoms with Crippen molar-refractivity contribution < 1.29 is 4.74 Å². The van der Waals surface area contributed by atoms with E-state index in [0.29, 0.717) is 6.61 Å². The fourth-order valence-corrected chi connectivity index (χ4v) is 2.67. The molecular weight excluding hydrogens is 290 g/mol. The highest BCUT2D eigenvalue weighted by molar-refractivity contribution is 9.10. The third-order valence-electron chi connectivity index (χ3n) is 3.43. The van der Waals surface area contributed by atoms with Crippen molar-refractivity contribution in [3.63, 3.8) is 0 Å². The molecule has 0 bridgehead atoms. The summed E-state index contributed by atoms with van der Waals surface area (Å²) in [6, 6.07) is 16.3. The van der Waals surface area contributed by atoms with Crippen LogP contribution in [0.4, 0.5) is 0 Å². The Kier molecular flexibility index (Phi) is 3.10. The largest absolute Gasteiger partial charge is 0.493 e. The highest BCUT2D eigenvalue weighted by Crippen LogP contribution is 2.40. The van der Waals surface area contributed by atoms with Crippen LogP contribution in [0.25, 0.3) is 0 Å². The van der Waals surface area contributed by atoms with Crippen molar-refractivity contribution in [3.8, 4) is 5.75 Å². The molecule has 3 rings (SSSR count). The number of halogens is 1. The molecule has 2 N–H and O–H groups in total. The van der Waals surface area contributed by atoms with Crippen molar-refractivity contribution >= 4 is 15.9 Å². The average Bonchev–Trinajstić information content (AvgIpc) is 2.82. The summed E-state index contributed by atoms with van der Waals surface area (Å²) in [5.41, 5.74) is 8.73. The zero-order chi connectivity index (χ0) is 12.5. The monoisotopic (exact) mass is 303 g/mol. The molecule has 0 radical (unpaired) electrons. The minimum atomic E-state index is -0.0262. The summed E-state index contributed by atoms with van der Waals surface area (Å²) in [4.78, 5) is 0. The molecule has 1 aliphatic rings. The molecule has 1 aliphatic heterocycles. The van der Waals surface area contributed by atoms with E-state index in [1.807, 2.05) is 30.3 Å². The van der Waals surface area contributed by atoms with Gasteiger partial charge in [-0.25, -0.2) is 0 Å². The van der Waals surface area contributed by atoms with E-state index >= 15 is 0 Å². The number of ether oxygens (including phenoxy) is 1. The number of nitrogens with two attached hydrogens (primary N) is 1. The number of rotatable bonds is 2. The van der Waals surface area contributed by atoms with Crippen molar-refractivity contribution in [2.75, 3.05) is 6.61 Å². The summed E-state index contributed by atoms with van der Waals surface area (Å²) in [6.07, 6.45) is 0. The lowest BCUT2D eigenvalue weighted by Crippen LogP contribution is -2.20. The number of hydrogen-bond donors (Lipinski definition) is 1. The van der Waals surface area contributed by atoms with Gasteiger partial charge in [0.1, 0.15) is 5.75 Å². The lowest BCUT2D eigenvalue weighted by atomic mass is 9.89. The molecule has 1 heterocycles. The molecule has 3 heteroatoms. The Hall–Kier alpha value is -1.32. The van der Waals surface area contributed by atoms with Crippen molar-refractivity contribution in [1.29, 1.82) is 0 Å². The minimum Gasteiger partial charge on any atom is -0.493 e. The molecule has 0 amide bonds. The topological polar surface area (TPSA) is 35.2 Å². The van der Waals surface area contributed by atoms with Crippen LogP contribution in [0.15, 0.2) is 53.0 Å². The Labute approximate surface area is 115 Å². The van der Waals surface area contributed by atoms with Crippen molar-refractivity contribution in [1.82, 2.24) is 0 Å². The SMILES string of the molecule is NC(c1ccc(Br)cc1)C1COc2ccccc21. The molecule has 0 aromatic heterocycles. The predicted molar refractivity (Wildman–Crippen MR) is 75.7 cm³/mol. The van der Waals surface area contributed by atoms with E-state index < -0.39 is 0 Å². The highest BCUT2D eigenvalue weighted by Gasteiger charge is 2.29. The third-order valence-corrected chi connectivity index (χ3v) is 3.95. The van der Waals surface area contributed by atoms with E-state index in [4.69, 9.17) is 10.5 Å². The van der Waals surface area contributed by atoms with Crippen LogP contribution in [-0.4, -0.2) is 6.61 Å². The number of benzene rings is 2. The summed E-state index contributed by atoms with van der Waals surface area (Å²) in [6.45, 7) is 0.663. The van der Waals surface area contributed by atoms with Gasteiger partial charge in [0.05, 0.1) is 6.61 Å². The van der Waals surface area contributed by atoms with Gasteiger partial charge >= 0.3 is 0 Å². The molecule has 2 aromatic rings. The summed E-state index contributed by atoms with van der Waals surface area (Å²) in [5.74, 6) is 1.21. The fourth-order valence-electron chi connectivity index (χ4n) is 2.40. The van der Waals surface area contributed by atoms with Gasteiger partial charge < -0.3 is 10.5 Å². The minimum absolute atomic E-state index is 0.0262. The van der Waals surface area contributed by atoms with Crippen LogP contribution in [0.2, 0.25) is 0 Å². The van der Waals surface area contributed by atoms with Gasteiger partial charge in [0.2, 0.25) is 0 Å². The maximum atomic E-state index is 6.37. The fraction of sp³-hybridized carbons (Fsp3) is 0.200. The van der Waals surface area contributed by atoms with Gasteiger partial charge in [0, 0.05) is 22.0 Å². The van der Waals surface area contributed by atoms with Crippen LogP contribution in [0.1, 0.15) is 23.1 Å². The smallest absolute Gasteiger partial charge is 0.122 e. The molecule has 0 spiro atoms. The molecule has 2 nitrogen and oxygen atoms in total. The second-order valence-corrected chi connectivity index (χ2v) is 5.45. The molecule has 18 heavy (non-hydrogen) atoms. The van der Waals surface area contributed by atoms with Gasteiger partial charge in [-0.3, -0.25) is 0 Å². The first-order valence-electron chi connectivity index (χ1n) is 5.98. The normalized spacial score (nSPS) is 19.1. The second kappa shape index (κ2) is 4.75. The Morgan fingerprint density at radius 3 is 2.61 bits per heavy atom. The molecule has 2 unspecified atom stereocenters. The van der Waals surface area contributed by atoms with Crippen molar-refractivity contribution in [3.05, 3.63) is 64.1 Å². The van der Waals surface area contributed by atoms with E-state index in [9.17, 15) is 0 Å². The third kappa shape index (κ3) is 2.04. The van der Waals surface area contributed by atoms with Gasteiger partial charge in [-0.2, -0.15) is 0 Å². The summed E-state index contributed by atoms with van der Waals surface area (Å²) in [7, 11) is 0. The first-order chi connectivity index (χ1) is 8.75. The first kappa shape index (κ1) is 11.8. The van der Waals surface area contributed by atoms with Gasteiger partial charge in [0.15, 0.2) is 0 Å². The van der Waals surface area contributed by atoms with Gasteiger partial charge in [-0.05, 0) is 23.8 Å². The van der Waals surface area contributed by atoms with Crippen LogP contribution < -0.4 is 10.5 Å². The van der Waals surface area contributed by atoms with Gasteiger partial charge in [-0.1, -0.05) is 46.3 Å². The molecule has 92 valence electrons. The first-order valence-corrected chi connectivity index (χ1v) is 6.78. The quantitative estimate of drug-likeness (QED) is 0.919. The summed E-state index contributed by atoms with van der Waals surface area (Å²) >= 11 is 3.44. The van der Waals surface area contributed by atoms with Crippen LogP contribution >= 0.6 is 15.9 Å². The molecule has 0 saturated heterocycles. The zero-order valence-electron chi connectivity index (χ0n) is 9.84. The number of hydrogen-bond acceptors (Lipinski definition) is 2. The average molecular weight is 304 g/mol. The maximum absolute atomic E-state index is 6.37. The number of fused-ring (bicyclic) bond motifs is 1. The van der Waals surface area contributed by atoms with E-state index in [2.05, 4.69) is 34.1 Å². The second-order valence-electron chi connectivity index (χ2n) is 4.53. The van der Waals surface area contributed by atoms with Crippen LogP contribution in [0.3, 0.4) is 0 Å². The Morgan fingerprint density at radius 1 is 1.11 bits per heavy atom. The molecule has 2 aromatic carbocycles. The van der Waals surface area contributed by atoms with Crippen molar-refractivity contribution in [2.45, 2.75) is 12.0 Å². The molecule has 2 atom stereocenters. The van der Waals surface area contributed by atoms with Gasteiger partial charge in [0.25, 0.3) is 0 Å². The number of para-hydroxylation sites is 1. The maximum Gasteiger partial charge on any atom is 0.122 e. The van der Waals surface area contributed by atoms with Crippen molar-refractivity contribution in [2.24, 2.45) is 5.73 Å². The molecule has 0 fully saturated rings. The van der Waals surface area contributed by atoms with E-state index in [-0.39, 0.29) is 12.0 Å². The van der Waals surface area contributed by atoms with Crippen LogP contribution in [0.5, 0.6) is 5.75 Å². The van der Waals surface area contributed by atoms with E-state index in [1.54, 1.807) is 0 Å². The Morgan fingerprint density at radius 2 is 1.83 bits per heavy atom. The van der Waals surface area contributed by atoms with Crippen LogP contribution in [0, 0.1) is 0 Å². The Bertz CT molecular complexity index is 553. The summed E-state index contributed by atoms with van der Waals surface area (Å²) in [5, 5.41) is 0. The molecule has 0 aliphatic carbocycles. The van der Waals surface area contributed by atoms with E-state index in [0.717, 1.165) is 15.8 Å². The Balaban J connectivity index is 1.90. The van der Waals surface area contributed by atoms with E-state index in [1.165, 1.54) is 5.56 Å². The predicted octanol–water partition coefficient (Wildman–Crippen LogP) is 3.63. The zero-order valence-corrected chi connectivity index (χ0v) is 11.4. The summed E-state index contributed by atoms with van der Waals surface area (Å²) < 4.78 is 6.76. The van der Waals surface area contributed by atoms with Crippen LogP contribution in [-0.2, 0) is 0 Å². The molecular formula is C15H14BrNO. The molecule has 0 saturated carbocycles. The lowest BCUT2D eigenvalue weighted by Gasteiger charge is -2.18.